The highest BCUT2D eigenvalue weighted by molar-refractivity contribution is 5.91. The molecule has 0 unspecified atom stereocenters. The van der Waals surface area contributed by atoms with E-state index in [0.717, 1.165) is 41.8 Å². The standard InChI is InChI=1S/C23H29N5O/c1-23(2,16-28-11-4-3-5-12-28)15-22(29)25-21-14-20(26-27-21)18-8-9-19-17(13-18)7-6-10-24-19/h6-10,13-14H,3-5,11-12,15-16H2,1-2H3,(H2,25,26,27,29). The summed E-state index contributed by atoms with van der Waals surface area (Å²) in [6.07, 6.45) is 6.13. The summed E-state index contributed by atoms with van der Waals surface area (Å²) in [6.45, 7) is 7.59. The molecule has 0 spiro atoms. The third-order valence-electron chi connectivity index (χ3n) is 5.50. The van der Waals surface area contributed by atoms with Gasteiger partial charge in [0.05, 0.1) is 11.2 Å². The third kappa shape index (κ3) is 5.01. The van der Waals surface area contributed by atoms with Crippen molar-refractivity contribution in [3.63, 3.8) is 0 Å². The van der Waals surface area contributed by atoms with Gasteiger partial charge in [0.25, 0.3) is 0 Å². The lowest BCUT2D eigenvalue weighted by atomic mass is 9.87. The van der Waals surface area contributed by atoms with Gasteiger partial charge in [0.2, 0.25) is 5.91 Å². The number of hydrogen-bond donors (Lipinski definition) is 2. The molecule has 0 radical (unpaired) electrons. The lowest BCUT2D eigenvalue weighted by molar-refractivity contribution is -0.118. The first kappa shape index (κ1) is 19.6. The largest absolute Gasteiger partial charge is 0.309 e. The summed E-state index contributed by atoms with van der Waals surface area (Å²) in [4.78, 5) is 19.4. The van der Waals surface area contributed by atoms with E-state index in [1.165, 1.54) is 19.3 Å². The molecule has 6 nitrogen and oxygen atoms in total. The van der Waals surface area contributed by atoms with Crippen LogP contribution in [-0.4, -0.2) is 45.6 Å². The maximum Gasteiger partial charge on any atom is 0.226 e. The van der Waals surface area contributed by atoms with E-state index in [1.807, 2.05) is 30.3 Å². The Balaban J connectivity index is 1.38. The number of nitrogens with zero attached hydrogens (tertiary/aromatic N) is 3. The minimum Gasteiger partial charge on any atom is -0.309 e. The third-order valence-corrected chi connectivity index (χ3v) is 5.50. The van der Waals surface area contributed by atoms with Crippen molar-refractivity contribution in [1.82, 2.24) is 20.1 Å². The summed E-state index contributed by atoms with van der Waals surface area (Å²) in [5, 5.41) is 11.3. The van der Waals surface area contributed by atoms with Crippen LogP contribution < -0.4 is 5.32 Å². The Bertz CT molecular complexity index is 988. The van der Waals surface area contributed by atoms with Gasteiger partial charge >= 0.3 is 0 Å². The molecule has 0 aliphatic carbocycles. The highest BCUT2D eigenvalue weighted by atomic mass is 16.1. The van der Waals surface area contributed by atoms with Gasteiger partial charge < -0.3 is 10.2 Å². The second-order valence-electron chi connectivity index (χ2n) is 8.80. The second-order valence-corrected chi connectivity index (χ2v) is 8.80. The Morgan fingerprint density at radius 2 is 2.00 bits per heavy atom. The Hall–Kier alpha value is -2.73. The first-order chi connectivity index (χ1) is 14.0. The molecule has 1 aromatic carbocycles. The predicted molar refractivity (Wildman–Crippen MR) is 117 cm³/mol. The molecule has 29 heavy (non-hydrogen) atoms. The fourth-order valence-electron chi connectivity index (χ4n) is 4.18. The smallest absolute Gasteiger partial charge is 0.226 e. The molecule has 3 aromatic rings. The van der Waals surface area contributed by atoms with E-state index in [-0.39, 0.29) is 11.3 Å². The molecule has 4 rings (SSSR count). The molecule has 0 atom stereocenters. The van der Waals surface area contributed by atoms with E-state index in [0.29, 0.717) is 12.2 Å². The molecule has 152 valence electrons. The van der Waals surface area contributed by atoms with Crippen molar-refractivity contribution in [2.24, 2.45) is 5.41 Å². The van der Waals surface area contributed by atoms with Crippen LogP contribution in [-0.2, 0) is 4.79 Å². The van der Waals surface area contributed by atoms with Gasteiger partial charge in [-0.15, -0.1) is 0 Å². The number of carbonyl (C=O) groups excluding carboxylic acids is 1. The molecular weight excluding hydrogens is 362 g/mol. The van der Waals surface area contributed by atoms with Crippen LogP contribution in [0, 0.1) is 5.41 Å². The van der Waals surface area contributed by atoms with E-state index < -0.39 is 0 Å². The maximum absolute atomic E-state index is 12.6. The zero-order valence-corrected chi connectivity index (χ0v) is 17.2. The van der Waals surface area contributed by atoms with Gasteiger partial charge in [0.1, 0.15) is 0 Å². The number of H-pyrrole nitrogens is 1. The van der Waals surface area contributed by atoms with Crippen molar-refractivity contribution < 1.29 is 4.79 Å². The first-order valence-corrected chi connectivity index (χ1v) is 10.4. The van der Waals surface area contributed by atoms with Gasteiger partial charge in [-0.25, -0.2) is 0 Å². The van der Waals surface area contributed by atoms with Crippen molar-refractivity contribution in [3.8, 4) is 11.3 Å². The Morgan fingerprint density at radius 3 is 2.83 bits per heavy atom. The van der Waals surface area contributed by atoms with E-state index in [9.17, 15) is 4.79 Å². The van der Waals surface area contributed by atoms with Crippen LogP contribution in [0.3, 0.4) is 0 Å². The number of nitrogens with one attached hydrogen (secondary N) is 2. The number of benzene rings is 1. The number of amides is 1. The highest BCUT2D eigenvalue weighted by Gasteiger charge is 2.26. The zero-order chi connectivity index (χ0) is 20.3. The summed E-state index contributed by atoms with van der Waals surface area (Å²) >= 11 is 0. The van der Waals surface area contributed by atoms with Crippen LogP contribution in [0.25, 0.3) is 22.2 Å². The fourth-order valence-corrected chi connectivity index (χ4v) is 4.18. The van der Waals surface area contributed by atoms with Gasteiger partial charge in [-0.05, 0) is 49.5 Å². The van der Waals surface area contributed by atoms with Crippen molar-refractivity contribution in [2.45, 2.75) is 39.5 Å². The molecule has 3 heterocycles. The number of aromatic nitrogens is 3. The second kappa shape index (κ2) is 8.33. The van der Waals surface area contributed by atoms with Crippen molar-refractivity contribution in [1.29, 1.82) is 0 Å². The summed E-state index contributed by atoms with van der Waals surface area (Å²) in [7, 11) is 0. The minimum absolute atomic E-state index is 0.00720. The van der Waals surface area contributed by atoms with Crippen molar-refractivity contribution in [3.05, 3.63) is 42.6 Å². The summed E-state index contributed by atoms with van der Waals surface area (Å²) < 4.78 is 0. The van der Waals surface area contributed by atoms with Gasteiger partial charge in [0.15, 0.2) is 5.82 Å². The van der Waals surface area contributed by atoms with E-state index >= 15 is 0 Å². The number of likely N-dealkylation sites (tertiary alicyclic amines) is 1. The van der Waals surface area contributed by atoms with Gasteiger partial charge in [-0.2, -0.15) is 5.10 Å². The fraction of sp³-hybridized carbons (Fsp3) is 0.435. The lowest BCUT2D eigenvalue weighted by Gasteiger charge is -2.34. The number of aromatic amines is 1. The highest BCUT2D eigenvalue weighted by Crippen LogP contribution is 2.26. The molecule has 0 saturated carbocycles. The SMILES string of the molecule is CC(C)(CC(=O)Nc1cc(-c2ccc3ncccc3c2)[nH]n1)CN1CCCCC1. The van der Waals surface area contributed by atoms with Crippen LogP contribution in [0.5, 0.6) is 0 Å². The van der Waals surface area contributed by atoms with E-state index in [1.54, 1.807) is 6.20 Å². The number of anilines is 1. The van der Waals surface area contributed by atoms with Crippen molar-refractivity contribution >= 4 is 22.6 Å². The quantitative estimate of drug-likeness (QED) is 0.650. The van der Waals surface area contributed by atoms with Crippen LogP contribution in [0.2, 0.25) is 0 Å². The number of fused-ring (bicyclic) bond motifs is 1. The van der Waals surface area contributed by atoms with Gasteiger partial charge in [0, 0.05) is 36.2 Å². The number of pyridine rings is 1. The Morgan fingerprint density at radius 1 is 1.17 bits per heavy atom. The summed E-state index contributed by atoms with van der Waals surface area (Å²) in [5.41, 5.74) is 2.79. The average Bonchev–Trinajstić information content (AvgIpc) is 3.15. The van der Waals surface area contributed by atoms with Crippen LogP contribution in [0.1, 0.15) is 39.5 Å². The number of hydrogen-bond acceptors (Lipinski definition) is 4. The zero-order valence-electron chi connectivity index (χ0n) is 17.2. The van der Waals surface area contributed by atoms with Crippen molar-refractivity contribution in [2.75, 3.05) is 25.0 Å². The maximum atomic E-state index is 12.6. The van der Waals surface area contributed by atoms with Gasteiger partial charge in [-0.3, -0.25) is 14.9 Å². The molecule has 6 heteroatoms. The lowest BCUT2D eigenvalue weighted by Crippen LogP contribution is -2.39. The molecule has 0 bridgehead atoms. The molecule has 1 saturated heterocycles. The summed E-state index contributed by atoms with van der Waals surface area (Å²) in [5.74, 6) is 0.567. The molecule has 2 N–H and O–H groups in total. The molecule has 1 amide bonds. The minimum atomic E-state index is -0.0636. The Kier molecular flexibility index (Phi) is 5.62. The first-order valence-electron chi connectivity index (χ1n) is 10.4. The number of rotatable bonds is 6. The van der Waals surface area contributed by atoms with E-state index in [2.05, 4.69) is 45.3 Å². The predicted octanol–water partition coefficient (Wildman–Crippen LogP) is 4.47. The molecule has 2 aromatic heterocycles. The van der Waals surface area contributed by atoms with Crippen LogP contribution >= 0.6 is 0 Å². The Labute approximate surface area is 171 Å². The van der Waals surface area contributed by atoms with Crippen LogP contribution in [0.4, 0.5) is 5.82 Å². The van der Waals surface area contributed by atoms with E-state index in [4.69, 9.17) is 0 Å². The molecular formula is C23H29N5O. The average molecular weight is 392 g/mol. The molecule has 1 aliphatic rings. The topological polar surface area (TPSA) is 73.9 Å². The molecule has 1 fully saturated rings. The number of carbonyl (C=O) groups is 1. The monoisotopic (exact) mass is 391 g/mol. The normalized spacial score (nSPS) is 15.5. The van der Waals surface area contributed by atoms with Crippen LogP contribution in [0.15, 0.2) is 42.6 Å². The summed E-state index contributed by atoms with van der Waals surface area (Å²) in [6, 6.07) is 11.9. The van der Waals surface area contributed by atoms with Gasteiger partial charge in [-0.1, -0.05) is 32.4 Å². The number of piperidine rings is 1. The molecule has 1 aliphatic heterocycles.